The number of methoxy groups -OCH3 is 1. The molecule has 2 N–H and O–H groups in total. The number of anilines is 2. The number of esters is 1. The molecule has 4 heterocycles. The minimum absolute atomic E-state index is 0.234. The summed E-state index contributed by atoms with van der Waals surface area (Å²) in [5.41, 5.74) is 6.23. The van der Waals surface area contributed by atoms with Crippen molar-refractivity contribution in [1.29, 1.82) is 0 Å². The van der Waals surface area contributed by atoms with Gasteiger partial charge in [0, 0.05) is 34.6 Å². The summed E-state index contributed by atoms with van der Waals surface area (Å²) in [7, 11) is 1.51. The zero-order chi connectivity index (χ0) is 21.5. The second-order valence-corrected chi connectivity index (χ2v) is 7.51. The summed E-state index contributed by atoms with van der Waals surface area (Å²) >= 11 is 6.32. The van der Waals surface area contributed by atoms with Crippen LogP contribution < -0.4 is 10.1 Å². The Balaban J connectivity index is 1.76. The molecule has 0 spiro atoms. The molecular weight excluding hydrogens is 418 g/mol. The van der Waals surface area contributed by atoms with Crippen LogP contribution in [0.2, 0.25) is 5.02 Å². The molecular formula is C22H18ClN5O3. The van der Waals surface area contributed by atoms with E-state index < -0.39 is 0 Å². The summed E-state index contributed by atoms with van der Waals surface area (Å²) < 4.78 is 10.5. The maximum Gasteiger partial charge on any atom is 0.342 e. The molecule has 0 saturated heterocycles. The standard InChI is InChI=1S/C22H18ClN5O3/c1-11-13(23)4-3-5-14(11)26-20-17-15(7-9-31-21(17)29)27-19(20)12-6-8-24-16-10-25-22(30-2)28-18(12)16/h3-6,8,10,26-27H,7,9H2,1-2H3. The van der Waals surface area contributed by atoms with E-state index in [0.29, 0.717) is 46.0 Å². The van der Waals surface area contributed by atoms with Gasteiger partial charge in [0.05, 0.1) is 31.3 Å². The lowest BCUT2D eigenvalue weighted by Gasteiger charge is -2.16. The van der Waals surface area contributed by atoms with E-state index in [0.717, 1.165) is 22.5 Å². The number of hydrogen-bond donors (Lipinski definition) is 2. The Morgan fingerprint density at radius 1 is 1.26 bits per heavy atom. The van der Waals surface area contributed by atoms with Gasteiger partial charge in [0.25, 0.3) is 0 Å². The van der Waals surface area contributed by atoms with E-state index in [4.69, 9.17) is 21.1 Å². The van der Waals surface area contributed by atoms with Gasteiger partial charge in [0.2, 0.25) is 0 Å². The van der Waals surface area contributed by atoms with Crippen molar-refractivity contribution < 1.29 is 14.3 Å². The van der Waals surface area contributed by atoms with Crippen molar-refractivity contribution in [3.05, 3.63) is 58.5 Å². The number of ether oxygens (including phenoxy) is 2. The molecule has 0 bridgehead atoms. The van der Waals surface area contributed by atoms with E-state index in [1.54, 1.807) is 12.4 Å². The number of nitrogens with one attached hydrogen (secondary N) is 2. The number of carbonyl (C=O) groups is 1. The Labute approximate surface area is 182 Å². The number of aromatic nitrogens is 4. The molecule has 1 aliphatic rings. The molecule has 0 fully saturated rings. The molecule has 0 unspecified atom stereocenters. The van der Waals surface area contributed by atoms with Gasteiger partial charge in [-0.05, 0) is 30.7 Å². The van der Waals surface area contributed by atoms with Gasteiger partial charge in [0.15, 0.2) is 0 Å². The minimum Gasteiger partial charge on any atom is -0.467 e. The molecule has 0 amide bonds. The van der Waals surface area contributed by atoms with Gasteiger partial charge in [-0.2, -0.15) is 4.98 Å². The van der Waals surface area contributed by atoms with Crippen molar-refractivity contribution in [1.82, 2.24) is 19.9 Å². The number of H-pyrrole nitrogens is 1. The number of carbonyl (C=O) groups excluding carboxylic acids is 1. The first kappa shape index (κ1) is 19.3. The second kappa shape index (κ2) is 7.55. The van der Waals surface area contributed by atoms with Crippen LogP contribution in [0.4, 0.5) is 11.4 Å². The summed E-state index contributed by atoms with van der Waals surface area (Å²) in [4.78, 5) is 29.1. The normalized spacial score (nSPS) is 13.1. The first-order valence-electron chi connectivity index (χ1n) is 9.67. The number of nitrogens with zero attached hydrogens (tertiary/aromatic N) is 3. The zero-order valence-corrected chi connectivity index (χ0v) is 17.6. The molecule has 1 aromatic carbocycles. The number of halogens is 1. The lowest BCUT2D eigenvalue weighted by atomic mass is 10.1. The van der Waals surface area contributed by atoms with Crippen molar-refractivity contribution >= 4 is 40.0 Å². The number of fused-ring (bicyclic) bond motifs is 2. The summed E-state index contributed by atoms with van der Waals surface area (Å²) in [6, 6.07) is 7.66. The quantitative estimate of drug-likeness (QED) is 0.456. The van der Waals surface area contributed by atoms with Crippen LogP contribution >= 0.6 is 11.6 Å². The molecule has 156 valence electrons. The van der Waals surface area contributed by atoms with Crippen molar-refractivity contribution in [3.63, 3.8) is 0 Å². The molecule has 8 nitrogen and oxygen atoms in total. The van der Waals surface area contributed by atoms with Crippen LogP contribution in [0.25, 0.3) is 22.3 Å². The Kier molecular flexibility index (Phi) is 4.71. The number of aromatic amines is 1. The van der Waals surface area contributed by atoms with E-state index in [9.17, 15) is 4.79 Å². The fourth-order valence-electron chi connectivity index (χ4n) is 3.71. The summed E-state index contributed by atoms with van der Waals surface area (Å²) in [6.45, 7) is 2.25. The third-order valence-electron chi connectivity index (χ3n) is 5.30. The average Bonchev–Trinajstić information content (AvgIpc) is 3.15. The molecule has 1 aliphatic heterocycles. The van der Waals surface area contributed by atoms with E-state index in [1.807, 2.05) is 31.2 Å². The number of hydrogen-bond acceptors (Lipinski definition) is 7. The Morgan fingerprint density at radius 2 is 2.13 bits per heavy atom. The molecule has 0 saturated carbocycles. The SMILES string of the molecule is COc1ncc2nccc(-c3[nH]c4c(c3Nc3cccc(Cl)c3C)C(=O)OCC4)c2n1. The molecule has 9 heteroatoms. The van der Waals surface area contributed by atoms with E-state index >= 15 is 0 Å². The molecule has 5 rings (SSSR count). The topological polar surface area (TPSA) is 102 Å². The van der Waals surface area contributed by atoms with Gasteiger partial charge in [0.1, 0.15) is 16.6 Å². The maximum absolute atomic E-state index is 12.7. The summed E-state index contributed by atoms with van der Waals surface area (Å²) in [5.74, 6) is -0.378. The predicted octanol–water partition coefficient (Wildman–Crippen LogP) is 4.45. The van der Waals surface area contributed by atoms with Gasteiger partial charge in [-0.1, -0.05) is 17.7 Å². The first-order valence-corrected chi connectivity index (χ1v) is 10.0. The number of benzene rings is 1. The van der Waals surface area contributed by atoms with Crippen molar-refractivity contribution in [3.8, 4) is 17.3 Å². The van der Waals surface area contributed by atoms with E-state index in [-0.39, 0.29) is 12.0 Å². The van der Waals surface area contributed by atoms with Gasteiger partial charge < -0.3 is 19.8 Å². The fourth-order valence-corrected chi connectivity index (χ4v) is 3.88. The first-order chi connectivity index (χ1) is 15.1. The summed E-state index contributed by atoms with van der Waals surface area (Å²) in [6.07, 6.45) is 3.88. The molecule has 31 heavy (non-hydrogen) atoms. The van der Waals surface area contributed by atoms with Crippen LogP contribution in [0.3, 0.4) is 0 Å². The van der Waals surface area contributed by atoms with Crippen LogP contribution in [-0.2, 0) is 11.2 Å². The van der Waals surface area contributed by atoms with Crippen LogP contribution in [0, 0.1) is 6.92 Å². The van der Waals surface area contributed by atoms with Crippen LogP contribution in [0.15, 0.2) is 36.7 Å². The third kappa shape index (κ3) is 3.25. The largest absolute Gasteiger partial charge is 0.467 e. The molecule has 0 radical (unpaired) electrons. The van der Waals surface area contributed by atoms with Gasteiger partial charge in [-0.15, -0.1) is 0 Å². The monoisotopic (exact) mass is 435 g/mol. The lowest BCUT2D eigenvalue weighted by molar-refractivity contribution is 0.0480. The Bertz CT molecular complexity index is 1330. The molecule has 0 aliphatic carbocycles. The average molecular weight is 436 g/mol. The third-order valence-corrected chi connectivity index (χ3v) is 5.71. The van der Waals surface area contributed by atoms with Gasteiger partial charge in [-0.25, -0.2) is 9.78 Å². The van der Waals surface area contributed by atoms with E-state index in [2.05, 4.69) is 25.3 Å². The van der Waals surface area contributed by atoms with Gasteiger partial charge >= 0.3 is 12.0 Å². The number of pyridine rings is 1. The van der Waals surface area contributed by atoms with Crippen molar-refractivity contribution in [2.75, 3.05) is 19.0 Å². The predicted molar refractivity (Wildman–Crippen MR) is 117 cm³/mol. The summed E-state index contributed by atoms with van der Waals surface area (Å²) in [5, 5.41) is 4.03. The highest BCUT2D eigenvalue weighted by atomic mass is 35.5. The van der Waals surface area contributed by atoms with Crippen molar-refractivity contribution in [2.24, 2.45) is 0 Å². The van der Waals surface area contributed by atoms with Crippen LogP contribution in [-0.4, -0.2) is 39.6 Å². The molecule has 4 aromatic rings. The van der Waals surface area contributed by atoms with Crippen LogP contribution in [0.5, 0.6) is 6.01 Å². The van der Waals surface area contributed by atoms with Crippen LogP contribution in [0.1, 0.15) is 21.6 Å². The van der Waals surface area contributed by atoms with E-state index in [1.165, 1.54) is 7.11 Å². The maximum atomic E-state index is 12.7. The highest BCUT2D eigenvalue weighted by molar-refractivity contribution is 6.31. The highest BCUT2D eigenvalue weighted by Crippen LogP contribution is 2.40. The Morgan fingerprint density at radius 3 is 2.97 bits per heavy atom. The second-order valence-electron chi connectivity index (χ2n) is 7.10. The minimum atomic E-state index is -0.378. The fraction of sp³-hybridized carbons (Fsp3) is 0.182. The van der Waals surface area contributed by atoms with Gasteiger partial charge in [-0.3, -0.25) is 4.98 Å². The zero-order valence-electron chi connectivity index (χ0n) is 16.8. The Hall–Kier alpha value is -3.65. The number of cyclic esters (lactones) is 1. The highest BCUT2D eigenvalue weighted by Gasteiger charge is 2.29. The molecule has 3 aromatic heterocycles. The molecule has 0 atom stereocenters. The lowest BCUT2D eigenvalue weighted by Crippen LogP contribution is -2.17. The van der Waals surface area contributed by atoms with Crippen molar-refractivity contribution in [2.45, 2.75) is 13.3 Å². The number of rotatable bonds is 4. The smallest absolute Gasteiger partial charge is 0.342 e.